The number of aryl methyl sites for hydroxylation is 1. The number of hydrogen-bond acceptors (Lipinski definition) is 1. The van der Waals surface area contributed by atoms with E-state index >= 15 is 0 Å². The van der Waals surface area contributed by atoms with E-state index in [0.717, 1.165) is 22.0 Å². The first-order chi connectivity index (χ1) is 10.1. The van der Waals surface area contributed by atoms with Crippen molar-refractivity contribution in [2.45, 2.75) is 13.5 Å². The Bertz CT molecular complexity index is 836. The molecule has 4 heteroatoms. The SMILES string of the molecule is Cc1ccc2c(c1)cc(C(=O)O)n2Cc1ccccc1Cl. The van der Waals surface area contributed by atoms with Gasteiger partial charge in [-0.1, -0.05) is 41.4 Å². The van der Waals surface area contributed by atoms with E-state index < -0.39 is 5.97 Å². The third-order valence-electron chi connectivity index (χ3n) is 3.56. The lowest BCUT2D eigenvalue weighted by Gasteiger charge is -2.10. The summed E-state index contributed by atoms with van der Waals surface area (Å²) in [6.07, 6.45) is 0. The normalized spacial score (nSPS) is 11.0. The van der Waals surface area contributed by atoms with Crippen LogP contribution in [0.15, 0.2) is 48.5 Å². The number of halogens is 1. The minimum atomic E-state index is -0.934. The summed E-state index contributed by atoms with van der Waals surface area (Å²) in [5.74, 6) is -0.934. The van der Waals surface area contributed by atoms with Crippen LogP contribution in [0.3, 0.4) is 0 Å². The van der Waals surface area contributed by atoms with E-state index in [0.29, 0.717) is 11.6 Å². The second kappa shape index (κ2) is 5.26. The number of carbonyl (C=O) groups is 1. The zero-order valence-corrected chi connectivity index (χ0v) is 12.3. The molecule has 0 spiro atoms. The number of aromatic nitrogens is 1. The fraction of sp³-hybridized carbons (Fsp3) is 0.118. The predicted octanol–water partition coefficient (Wildman–Crippen LogP) is 4.35. The third-order valence-corrected chi connectivity index (χ3v) is 3.93. The number of hydrogen-bond donors (Lipinski definition) is 1. The molecule has 1 N–H and O–H groups in total. The molecule has 0 atom stereocenters. The summed E-state index contributed by atoms with van der Waals surface area (Å²) in [5.41, 5.74) is 3.18. The van der Waals surface area contributed by atoms with Crippen LogP contribution in [0.1, 0.15) is 21.6 Å². The van der Waals surface area contributed by atoms with Crippen molar-refractivity contribution >= 4 is 28.5 Å². The zero-order valence-electron chi connectivity index (χ0n) is 11.5. The molecule has 0 fully saturated rings. The number of nitrogens with zero attached hydrogens (tertiary/aromatic N) is 1. The van der Waals surface area contributed by atoms with E-state index in [1.165, 1.54) is 0 Å². The van der Waals surface area contributed by atoms with Gasteiger partial charge in [-0.2, -0.15) is 0 Å². The van der Waals surface area contributed by atoms with Gasteiger partial charge in [-0.05, 0) is 36.8 Å². The Morgan fingerprint density at radius 2 is 1.95 bits per heavy atom. The molecule has 0 aliphatic heterocycles. The molecular weight excluding hydrogens is 286 g/mol. The Labute approximate surface area is 127 Å². The van der Waals surface area contributed by atoms with E-state index in [4.69, 9.17) is 11.6 Å². The molecule has 3 nitrogen and oxygen atoms in total. The summed E-state index contributed by atoms with van der Waals surface area (Å²) in [4.78, 5) is 11.5. The fourth-order valence-electron chi connectivity index (χ4n) is 2.53. The van der Waals surface area contributed by atoms with E-state index in [2.05, 4.69) is 0 Å². The maximum atomic E-state index is 11.5. The van der Waals surface area contributed by atoms with E-state index in [1.807, 2.05) is 49.4 Å². The van der Waals surface area contributed by atoms with Gasteiger partial charge in [-0.3, -0.25) is 0 Å². The molecule has 106 valence electrons. The highest BCUT2D eigenvalue weighted by Gasteiger charge is 2.15. The first-order valence-electron chi connectivity index (χ1n) is 6.63. The number of carboxylic acids is 1. The molecule has 0 saturated heterocycles. The van der Waals surface area contributed by atoms with Crippen molar-refractivity contribution in [2.75, 3.05) is 0 Å². The standard InChI is InChI=1S/C17H14ClNO2/c1-11-6-7-15-13(8-11)9-16(17(20)21)19(15)10-12-4-2-3-5-14(12)18/h2-9H,10H2,1H3,(H,20,21). The van der Waals surface area contributed by atoms with Crippen molar-refractivity contribution in [3.63, 3.8) is 0 Å². The molecule has 0 unspecified atom stereocenters. The predicted molar refractivity (Wildman–Crippen MR) is 84.2 cm³/mol. The summed E-state index contributed by atoms with van der Waals surface area (Å²) in [6, 6.07) is 15.1. The van der Waals surface area contributed by atoms with Gasteiger partial charge >= 0.3 is 5.97 Å². The van der Waals surface area contributed by atoms with Crippen LogP contribution in [0.2, 0.25) is 5.02 Å². The smallest absolute Gasteiger partial charge is 0.352 e. The molecular formula is C17H14ClNO2. The Kier molecular flexibility index (Phi) is 3.43. The monoisotopic (exact) mass is 299 g/mol. The molecule has 2 aromatic carbocycles. The van der Waals surface area contributed by atoms with Gasteiger partial charge in [0.15, 0.2) is 0 Å². The number of fused-ring (bicyclic) bond motifs is 1. The number of rotatable bonds is 3. The van der Waals surface area contributed by atoms with E-state index in [1.54, 1.807) is 10.6 Å². The van der Waals surface area contributed by atoms with Crippen LogP contribution in [0.4, 0.5) is 0 Å². The van der Waals surface area contributed by atoms with Crippen LogP contribution in [0, 0.1) is 6.92 Å². The minimum Gasteiger partial charge on any atom is -0.477 e. The first kappa shape index (κ1) is 13.7. The molecule has 3 aromatic rings. The average Bonchev–Trinajstić information content (AvgIpc) is 2.79. The van der Waals surface area contributed by atoms with Crippen molar-refractivity contribution in [1.82, 2.24) is 4.57 Å². The highest BCUT2D eigenvalue weighted by Crippen LogP contribution is 2.25. The molecule has 0 bridgehead atoms. The van der Waals surface area contributed by atoms with Crippen molar-refractivity contribution < 1.29 is 9.90 Å². The van der Waals surface area contributed by atoms with Crippen molar-refractivity contribution in [3.05, 3.63) is 70.4 Å². The fourth-order valence-corrected chi connectivity index (χ4v) is 2.73. The van der Waals surface area contributed by atoms with Gasteiger partial charge in [0.2, 0.25) is 0 Å². The summed E-state index contributed by atoms with van der Waals surface area (Å²) < 4.78 is 1.79. The summed E-state index contributed by atoms with van der Waals surface area (Å²) in [5, 5.41) is 11.0. The van der Waals surface area contributed by atoms with Crippen LogP contribution in [0.5, 0.6) is 0 Å². The third kappa shape index (κ3) is 2.52. The van der Waals surface area contributed by atoms with Crippen molar-refractivity contribution in [3.8, 4) is 0 Å². The lowest BCUT2D eigenvalue weighted by molar-refractivity contribution is 0.0686. The number of carboxylic acid groups (broad SMARTS) is 1. The molecule has 1 heterocycles. The first-order valence-corrected chi connectivity index (χ1v) is 7.00. The quantitative estimate of drug-likeness (QED) is 0.781. The van der Waals surface area contributed by atoms with E-state index in [9.17, 15) is 9.90 Å². The Balaban J connectivity index is 2.18. The van der Waals surface area contributed by atoms with Crippen LogP contribution in [-0.4, -0.2) is 15.6 Å². The maximum Gasteiger partial charge on any atom is 0.352 e. The van der Waals surface area contributed by atoms with Crippen LogP contribution >= 0.6 is 11.6 Å². The van der Waals surface area contributed by atoms with Gasteiger partial charge in [0.1, 0.15) is 5.69 Å². The molecule has 21 heavy (non-hydrogen) atoms. The number of benzene rings is 2. The molecule has 0 amide bonds. The van der Waals surface area contributed by atoms with Crippen molar-refractivity contribution in [1.29, 1.82) is 0 Å². The highest BCUT2D eigenvalue weighted by atomic mass is 35.5. The Morgan fingerprint density at radius 3 is 2.67 bits per heavy atom. The largest absolute Gasteiger partial charge is 0.477 e. The summed E-state index contributed by atoms with van der Waals surface area (Å²) in [6.45, 7) is 2.43. The van der Waals surface area contributed by atoms with Crippen LogP contribution in [0.25, 0.3) is 10.9 Å². The summed E-state index contributed by atoms with van der Waals surface area (Å²) >= 11 is 6.19. The highest BCUT2D eigenvalue weighted by molar-refractivity contribution is 6.31. The van der Waals surface area contributed by atoms with Crippen LogP contribution in [-0.2, 0) is 6.54 Å². The van der Waals surface area contributed by atoms with Crippen molar-refractivity contribution in [2.24, 2.45) is 0 Å². The van der Waals surface area contributed by atoms with Gasteiger partial charge in [-0.15, -0.1) is 0 Å². The zero-order chi connectivity index (χ0) is 15.0. The maximum absolute atomic E-state index is 11.5. The molecule has 0 saturated carbocycles. The van der Waals surface area contributed by atoms with Gasteiger partial charge in [0.25, 0.3) is 0 Å². The van der Waals surface area contributed by atoms with Gasteiger partial charge < -0.3 is 9.67 Å². The molecule has 0 aliphatic carbocycles. The lowest BCUT2D eigenvalue weighted by atomic mass is 10.2. The molecule has 0 aliphatic rings. The lowest BCUT2D eigenvalue weighted by Crippen LogP contribution is -2.09. The van der Waals surface area contributed by atoms with Crippen LogP contribution < -0.4 is 0 Å². The molecule has 0 radical (unpaired) electrons. The van der Waals surface area contributed by atoms with Gasteiger partial charge in [0, 0.05) is 22.5 Å². The van der Waals surface area contributed by atoms with Gasteiger partial charge in [-0.25, -0.2) is 4.79 Å². The topological polar surface area (TPSA) is 42.2 Å². The second-order valence-electron chi connectivity index (χ2n) is 5.07. The van der Waals surface area contributed by atoms with E-state index in [-0.39, 0.29) is 5.69 Å². The Morgan fingerprint density at radius 1 is 1.19 bits per heavy atom. The number of aromatic carboxylic acids is 1. The summed E-state index contributed by atoms with van der Waals surface area (Å²) in [7, 11) is 0. The van der Waals surface area contributed by atoms with Gasteiger partial charge in [0.05, 0.1) is 0 Å². The second-order valence-corrected chi connectivity index (χ2v) is 5.48. The molecule has 1 aromatic heterocycles. The minimum absolute atomic E-state index is 0.274. The average molecular weight is 300 g/mol. The molecule has 3 rings (SSSR count). The Hall–Kier alpha value is -2.26.